The zero-order chi connectivity index (χ0) is 40.8. The van der Waals surface area contributed by atoms with E-state index < -0.39 is 79.3 Å². The number of pyridine rings is 1. The van der Waals surface area contributed by atoms with Crippen LogP contribution in [0, 0.1) is 29.6 Å². The number of hydrogen-bond donors (Lipinski definition) is 1. The van der Waals surface area contributed by atoms with Crippen molar-refractivity contribution in [2.75, 3.05) is 13.7 Å². The minimum atomic E-state index is -3.87. The van der Waals surface area contributed by atoms with Crippen LogP contribution in [0.15, 0.2) is 67.4 Å². The lowest BCUT2D eigenvalue weighted by Gasteiger charge is -2.35. The molecule has 2 heterocycles. The quantitative estimate of drug-likeness (QED) is 0.139. The molecule has 0 spiro atoms. The Kier molecular flexibility index (Phi) is 11.2. The molecule has 1 aliphatic heterocycles. The summed E-state index contributed by atoms with van der Waals surface area (Å²) in [7, 11) is -2.29. The number of esters is 1. The zero-order valence-electron chi connectivity index (χ0n) is 33.3. The van der Waals surface area contributed by atoms with Gasteiger partial charge in [0.25, 0.3) is 0 Å². The largest absolute Gasteiger partial charge is 0.497 e. The lowest BCUT2D eigenvalue weighted by atomic mass is 9.77. The van der Waals surface area contributed by atoms with Crippen molar-refractivity contribution in [3.63, 3.8) is 0 Å². The lowest BCUT2D eigenvalue weighted by Crippen LogP contribution is -2.49. The molecular weight excluding hydrogens is 735 g/mol. The SMILES string of the molecule is C=C[C@@H]1C[C@]1(CC(=O)[C@@H]1CC(Oc2nccc3cc(OC)ccc23)CN1C(=O)[C@@H](CC(=O)OC(C)(C)c1ccc(C)cc1)C(C)(C)C)C(=O)NS(=O)(=O)C1CC1. The fraction of sp³-hybridized carbons (Fsp3) is 0.512. The van der Waals surface area contributed by atoms with Crippen molar-refractivity contribution in [1.29, 1.82) is 0 Å². The summed E-state index contributed by atoms with van der Waals surface area (Å²) >= 11 is 0. The van der Waals surface area contributed by atoms with Crippen LogP contribution in [0.4, 0.5) is 0 Å². The van der Waals surface area contributed by atoms with E-state index >= 15 is 0 Å². The number of methoxy groups -OCH3 is 1. The third kappa shape index (κ3) is 8.62. The molecule has 300 valence electrons. The van der Waals surface area contributed by atoms with Gasteiger partial charge in [-0.2, -0.15) is 0 Å². The molecule has 2 amide bonds. The molecule has 13 heteroatoms. The van der Waals surface area contributed by atoms with E-state index in [0.717, 1.165) is 16.5 Å². The van der Waals surface area contributed by atoms with Gasteiger partial charge in [0.05, 0.1) is 42.7 Å². The number of carbonyl (C=O) groups is 4. The van der Waals surface area contributed by atoms with Gasteiger partial charge in [0, 0.05) is 24.4 Å². The van der Waals surface area contributed by atoms with Gasteiger partial charge in [-0.15, -0.1) is 6.58 Å². The smallest absolute Gasteiger partial charge is 0.307 e. The second-order valence-electron chi connectivity index (χ2n) is 17.2. The molecule has 3 aromatic rings. The predicted octanol–water partition coefficient (Wildman–Crippen LogP) is 6.19. The number of Topliss-reactive ketones (excluding diaryl/α,β-unsaturated/α-hetero) is 1. The predicted molar refractivity (Wildman–Crippen MR) is 211 cm³/mol. The van der Waals surface area contributed by atoms with Gasteiger partial charge in [-0.3, -0.25) is 23.9 Å². The topological polar surface area (TPSA) is 158 Å². The zero-order valence-corrected chi connectivity index (χ0v) is 34.1. The third-order valence-electron chi connectivity index (χ3n) is 11.5. The number of benzene rings is 2. The van der Waals surface area contributed by atoms with E-state index in [0.29, 0.717) is 29.9 Å². The van der Waals surface area contributed by atoms with Crippen LogP contribution >= 0.6 is 0 Å². The highest BCUT2D eigenvalue weighted by Crippen LogP contribution is 2.57. The summed E-state index contributed by atoms with van der Waals surface area (Å²) in [6.07, 6.45) is 3.28. The van der Waals surface area contributed by atoms with Gasteiger partial charge in [-0.1, -0.05) is 56.7 Å². The van der Waals surface area contributed by atoms with Gasteiger partial charge in [0.1, 0.15) is 17.5 Å². The van der Waals surface area contributed by atoms with Gasteiger partial charge >= 0.3 is 5.97 Å². The van der Waals surface area contributed by atoms with E-state index in [1.54, 1.807) is 39.3 Å². The van der Waals surface area contributed by atoms with E-state index in [-0.39, 0.29) is 32.2 Å². The summed E-state index contributed by atoms with van der Waals surface area (Å²) in [6, 6.07) is 14.0. The maximum absolute atomic E-state index is 14.8. The average molecular weight is 788 g/mol. The van der Waals surface area contributed by atoms with Gasteiger partial charge < -0.3 is 19.1 Å². The summed E-state index contributed by atoms with van der Waals surface area (Å²) in [5.41, 5.74) is -1.12. The monoisotopic (exact) mass is 787 g/mol. The normalized spacial score (nSPS) is 22.9. The van der Waals surface area contributed by atoms with Crippen LogP contribution in [-0.4, -0.2) is 72.9 Å². The molecular formula is C43H53N3O9S. The minimum absolute atomic E-state index is 0.0140. The second kappa shape index (κ2) is 15.3. The van der Waals surface area contributed by atoms with Gasteiger partial charge in [-0.05, 0) is 86.6 Å². The number of aryl methyl sites for hydroxylation is 1. The Balaban J connectivity index is 1.28. The van der Waals surface area contributed by atoms with Crippen LogP contribution in [0.5, 0.6) is 11.6 Å². The van der Waals surface area contributed by atoms with Crippen LogP contribution in [0.1, 0.15) is 84.3 Å². The molecule has 0 radical (unpaired) electrons. The number of ketones is 1. The van der Waals surface area contributed by atoms with Crippen molar-refractivity contribution in [1.82, 2.24) is 14.6 Å². The van der Waals surface area contributed by atoms with Crippen LogP contribution < -0.4 is 14.2 Å². The Morgan fingerprint density at radius 3 is 2.36 bits per heavy atom. The Hall–Kier alpha value is -4.78. The summed E-state index contributed by atoms with van der Waals surface area (Å²) in [6.45, 7) is 15.0. The number of nitrogens with one attached hydrogen (secondary N) is 1. The van der Waals surface area contributed by atoms with E-state index in [2.05, 4.69) is 16.3 Å². The molecule has 56 heavy (non-hydrogen) atoms. The first kappa shape index (κ1) is 40.9. The Labute approximate surface area is 329 Å². The fourth-order valence-electron chi connectivity index (χ4n) is 7.72. The van der Waals surface area contributed by atoms with Gasteiger partial charge in [-0.25, -0.2) is 13.4 Å². The highest BCUT2D eigenvalue weighted by molar-refractivity contribution is 7.90. The van der Waals surface area contributed by atoms with E-state index in [9.17, 15) is 27.6 Å². The number of sulfonamides is 1. The highest BCUT2D eigenvalue weighted by Gasteiger charge is 2.61. The molecule has 12 nitrogen and oxygen atoms in total. The third-order valence-corrected chi connectivity index (χ3v) is 13.3. The molecule has 6 rings (SSSR count). The highest BCUT2D eigenvalue weighted by atomic mass is 32.2. The van der Waals surface area contributed by atoms with Crippen LogP contribution in [-0.2, 0) is 39.5 Å². The fourth-order valence-corrected chi connectivity index (χ4v) is 9.10. The van der Waals surface area contributed by atoms with E-state index in [4.69, 9.17) is 14.2 Å². The Morgan fingerprint density at radius 2 is 1.75 bits per heavy atom. The number of amides is 2. The minimum Gasteiger partial charge on any atom is -0.497 e. The number of fused-ring (bicyclic) bond motifs is 1. The number of ether oxygens (including phenoxy) is 3. The van der Waals surface area contributed by atoms with Crippen molar-refractivity contribution in [2.45, 2.75) is 103 Å². The second-order valence-corrected chi connectivity index (χ2v) is 19.1. The molecule has 5 atom stereocenters. The number of nitrogens with zero attached hydrogens (tertiary/aromatic N) is 2. The maximum Gasteiger partial charge on any atom is 0.307 e. The lowest BCUT2D eigenvalue weighted by molar-refractivity contribution is -0.163. The van der Waals surface area contributed by atoms with Gasteiger partial charge in [0.2, 0.25) is 27.7 Å². The number of carbonyl (C=O) groups excluding carboxylic acids is 4. The summed E-state index contributed by atoms with van der Waals surface area (Å²) in [5.74, 6) is -2.44. The van der Waals surface area contributed by atoms with Crippen LogP contribution in [0.25, 0.3) is 10.8 Å². The molecule has 1 unspecified atom stereocenters. The van der Waals surface area contributed by atoms with E-state index in [1.165, 1.54) is 4.90 Å². The van der Waals surface area contributed by atoms with Crippen molar-refractivity contribution in [3.8, 4) is 11.6 Å². The number of rotatable bonds is 15. The van der Waals surface area contributed by atoms with E-state index in [1.807, 2.05) is 70.2 Å². The average Bonchev–Trinajstić information content (AvgIpc) is 4.06. The number of likely N-dealkylation sites (tertiary alicyclic amines) is 1. The molecule has 1 aromatic heterocycles. The summed E-state index contributed by atoms with van der Waals surface area (Å²) < 4.78 is 45.6. The Bertz CT molecular complexity index is 2140. The van der Waals surface area contributed by atoms with Crippen molar-refractivity contribution in [3.05, 3.63) is 78.5 Å². The number of aromatic nitrogens is 1. The number of hydrogen-bond acceptors (Lipinski definition) is 10. The van der Waals surface area contributed by atoms with Gasteiger partial charge in [0.15, 0.2) is 5.78 Å². The first-order chi connectivity index (χ1) is 26.3. The Morgan fingerprint density at radius 1 is 1.05 bits per heavy atom. The standard InChI is InChI=1S/C43H53N3O9S/c1-9-28-23-43(28,40(50)45-56(51,52)32-15-16-32)24-36(47)35-21-31(54-38-33-17-14-30(53-8)20-27(33)18-19-44-38)25-46(35)39(49)34(41(3,4)5)22-37(48)55-42(6,7)29-12-10-26(2)11-13-29/h9-14,17-20,28,31-32,34-35H,1,15-16,21-25H2,2-8H3,(H,45,50)/t28-,31?,34-,35+,43-/m1/s1. The molecule has 3 fully saturated rings. The molecule has 1 N–H and O–H groups in total. The molecule has 1 saturated heterocycles. The van der Waals surface area contributed by atoms with Crippen LogP contribution in [0.2, 0.25) is 0 Å². The number of allylic oxidation sites excluding steroid dienone is 1. The molecule has 0 bridgehead atoms. The summed E-state index contributed by atoms with van der Waals surface area (Å²) in [4.78, 5) is 62.5. The van der Waals surface area contributed by atoms with Crippen molar-refractivity contribution >= 4 is 44.4 Å². The molecule has 2 aliphatic carbocycles. The first-order valence-electron chi connectivity index (χ1n) is 19.2. The molecule has 2 saturated carbocycles. The maximum atomic E-state index is 14.8. The molecule has 3 aliphatic rings. The first-order valence-corrected chi connectivity index (χ1v) is 20.7. The molecule has 2 aromatic carbocycles. The van der Waals surface area contributed by atoms with Crippen molar-refractivity contribution in [2.24, 2.45) is 22.7 Å². The van der Waals surface area contributed by atoms with Crippen molar-refractivity contribution < 1.29 is 41.8 Å². The van der Waals surface area contributed by atoms with Crippen LogP contribution in [0.3, 0.4) is 0 Å². The summed E-state index contributed by atoms with van der Waals surface area (Å²) in [5, 5.41) is 0.922.